The number of likely N-dealkylation sites (tertiary alicyclic amines) is 1. The maximum atomic E-state index is 13.8. The summed E-state index contributed by atoms with van der Waals surface area (Å²) in [5, 5.41) is 0. The van der Waals surface area contributed by atoms with Crippen LogP contribution in [0.5, 0.6) is 0 Å². The molecule has 2 aliphatic rings. The zero-order valence-electron chi connectivity index (χ0n) is 15.7. The van der Waals surface area contributed by atoms with Crippen molar-refractivity contribution in [2.24, 2.45) is 0 Å². The fraction of sp³-hybridized carbons (Fsp3) is 0.524. The molecule has 2 fully saturated rings. The van der Waals surface area contributed by atoms with E-state index in [-0.39, 0.29) is 5.82 Å². The Morgan fingerprint density at radius 2 is 1.92 bits per heavy atom. The molecule has 0 spiro atoms. The molecule has 1 aliphatic carbocycles. The van der Waals surface area contributed by atoms with E-state index in [9.17, 15) is 4.39 Å². The molecule has 1 aromatic heterocycles. The van der Waals surface area contributed by atoms with E-state index in [1.165, 1.54) is 38.2 Å². The predicted molar refractivity (Wildman–Crippen MR) is 103 cm³/mol. The van der Waals surface area contributed by atoms with Crippen molar-refractivity contribution in [2.45, 2.75) is 50.6 Å². The minimum atomic E-state index is -0.218. The fourth-order valence-electron chi connectivity index (χ4n) is 4.49. The van der Waals surface area contributed by atoms with Gasteiger partial charge >= 0.3 is 0 Å². The predicted octanol–water partition coefficient (Wildman–Crippen LogP) is 4.43. The Balaban J connectivity index is 1.78. The Labute approximate surface area is 155 Å². The van der Waals surface area contributed by atoms with Crippen molar-refractivity contribution in [1.82, 2.24) is 14.9 Å². The second kappa shape index (κ2) is 7.31. The third-order valence-corrected chi connectivity index (χ3v) is 5.74. The van der Waals surface area contributed by atoms with Crippen LogP contribution in [0.15, 0.2) is 30.5 Å². The normalized spacial score (nSPS) is 21.4. The Morgan fingerprint density at radius 1 is 1.12 bits per heavy atom. The highest BCUT2D eigenvalue weighted by Gasteiger charge is 2.35. The van der Waals surface area contributed by atoms with Crippen molar-refractivity contribution in [3.63, 3.8) is 0 Å². The molecule has 0 bridgehead atoms. The molecule has 0 amide bonds. The molecule has 1 aliphatic heterocycles. The van der Waals surface area contributed by atoms with Crippen LogP contribution in [-0.4, -0.2) is 41.5 Å². The van der Waals surface area contributed by atoms with Crippen LogP contribution in [0.4, 0.5) is 10.3 Å². The van der Waals surface area contributed by atoms with Gasteiger partial charge in [-0.1, -0.05) is 25.0 Å². The average Bonchev–Trinajstić information content (AvgIpc) is 3.32. The maximum Gasteiger partial charge on any atom is 0.225 e. The molecule has 2 heterocycles. The van der Waals surface area contributed by atoms with Gasteiger partial charge in [0.05, 0.1) is 11.7 Å². The lowest BCUT2D eigenvalue weighted by Crippen LogP contribution is -2.33. The van der Waals surface area contributed by atoms with E-state index in [1.807, 2.05) is 31.3 Å². The summed E-state index contributed by atoms with van der Waals surface area (Å²) in [5.74, 6) is 0.502. The topological polar surface area (TPSA) is 32.3 Å². The number of hydrogen-bond acceptors (Lipinski definition) is 4. The largest absolute Gasteiger partial charge is 0.347 e. The molecular weight excluding hydrogens is 327 g/mol. The highest BCUT2D eigenvalue weighted by Crippen LogP contribution is 2.41. The number of halogens is 1. The third kappa shape index (κ3) is 3.32. The van der Waals surface area contributed by atoms with Crippen LogP contribution in [0.25, 0.3) is 11.1 Å². The molecule has 2 aromatic rings. The van der Waals surface area contributed by atoms with E-state index in [2.05, 4.69) is 9.88 Å². The van der Waals surface area contributed by atoms with Crippen molar-refractivity contribution >= 4 is 5.95 Å². The minimum Gasteiger partial charge on any atom is -0.347 e. The van der Waals surface area contributed by atoms with Crippen molar-refractivity contribution in [2.75, 3.05) is 25.5 Å². The molecule has 4 rings (SSSR count). The number of rotatable bonds is 4. The van der Waals surface area contributed by atoms with Gasteiger partial charge in [-0.05, 0) is 49.9 Å². The smallest absolute Gasteiger partial charge is 0.225 e. The second-order valence-electron chi connectivity index (χ2n) is 7.71. The first kappa shape index (κ1) is 17.4. The summed E-state index contributed by atoms with van der Waals surface area (Å²) in [5.41, 5.74) is 2.88. The van der Waals surface area contributed by atoms with Gasteiger partial charge in [0.25, 0.3) is 0 Å². The summed E-state index contributed by atoms with van der Waals surface area (Å²) in [6.45, 7) is 1.14. The van der Waals surface area contributed by atoms with Gasteiger partial charge in [0.2, 0.25) is 5.95 Å². The molecule has 26 heavy (non-hydrogen) atoms. The van der Waals surface area contributed by atoms with Crippen LogP contribution in [0.3, 0.4) is 0 Å². The number of nitrogens with zero attached hydrogens (tertiary/aromatic N) is 4. The van der Waals surface area contributed by atoms with E-state index in [0.29, 0.717) is 12.1 Å². The van der Waals surface area contributed by atoms with Crippen LogP contribution in [0, 0.1) is 5.82 Å². The quantitative estimate of drug-likeness (QED) is 0.813. The van der Waals surface area contributed by atoms with Crippen molar-refractivity contribution in [3.8, 4) is 11.1 Å². The monoisotopic (exact) mass is 354 g/mol. The van der Waals surface area contributed by atoms with Crippen molar-refractivity contribution in [3.05, 3.63) is 42.0 Å². The van der Waals surface area contributed by atoms with Gasteiger partial charge in [0.15, 0.2) is 0 Å². The first-order valence-electron chi connectivity index (χ1n) is 9.69. The Hall–Kier alpha value is -2.01. The minimum absolute atomic E-state index is 0.218. The summed E-state index contributed by atoms with van der Waals surface area (Å²) < 4.78 is 13.8. The lowest BCUT2D eigenvalue weighted by atomic mass is 9.99. The Kier molecular flexibility index (Phi) is 4.90. The van der Waals surface area contributed by atoms with Crippen LogP contribution < -0.4 is 4.90 Å². The van der Waals surface area contributed by atoms with Crippen molar-refractivity contribution < 1.29 is 4.39 Å². The average molecular weight is 354 g/mol. The van der Waals surface area contributed by atoms with Gasteiger partial charge in [-0.3, -0.25) is 4.90 Å². The highest BCUT2D eigenvalue weighted by molar-refractivity contribution is 5.66. The molecule has 1 saturated carbocycles. The number of benzene rings is 1. The van der Waals surface area contributed by atoms with Gasteiger partial charge in [-0.2, -0.15) is 0 Å². The van der Waals surface area contributed by atoms with Crippen LogP contribution in [0.2, 0.25) is 0 Å². The highest BCUT2D eigenvalue weighted by atomic mass is 19.1. The van der Waals surface area contributed by atoms with Crippen LogP contribution in [-0.2, 0) is 0 Å². The lowest BCUT2D eigenvalue weighted by Gasteiger charge is -2.31. The zero-order chi connectivity index (χ0) is 18.1. The number of hydrogen-bond donors (Lipinski definition) is 0. The molecule has 0 unspecified atom stereocenters. The third-order valence-electron chi connectivity index (χ3n) is 5.74. The zero-order valence-corrected chi connectivity index (χ0v) is 15.7. The fourth-order valence-corrected chi connectivity index (χ4v) is 4.49. The summed E-state index contributed by atoms with van der Waals surface area (Å²) in [4.78, 5) is 14.0. The molecule has 138 valence electrons. The van der Waals surface area contributed by atoms with E-state index < -0.39 is 0 Å². The standard InChI is InChI=1S/C21H27FN4/c1-25(2)21-23-14-18(15-7-5-8-16(22)13-15)20(24-21)19-11-6-12-26(19)17-9-3-4-10-17/h5,7-8,13-14,17,19H,3-4,6,9-12H2,1-2H3/t19-/m1/s1. The molecule has 1 saturated heterocycles. The van der Waals surface area contributed by atoms with E-state index in [4.69, 9.17) is 4.98 Å². The molecule has 5 heteroatoms. The maximum absolute atomic E-state index is 13.8. The summed E-state index contributed by atoms with van der Waals surface area (Å²) in [7, 11) is 3.93. The van der Waals surface area contributed by atoms with Gasteiger partial charge in [0, 0.05) is 31.9 Å². The van der Waals surface area contributed by atoms with Crippen LogP contribution >= 0.6 is 0 Å². The lowest BCUT2D eigenvalue weighted by molar-refractivity contribution is 0.180. The first-order valence-corrected chi connectivity index (χ1v) is 9.69. The van der Waals surface area contributed by atoms with E-state index in [0.717, 1.165) is 35.7 Å². The SMILES string of the molecule is CN(C)c1ncc(-c2cccc(F)c2)c([C@H]2CCCN2C2CCCC2)n1. The summed E-state index contributed by atoms with van der Waals surface area (Å²) in [6, 6.07) is 7.76. The molecular formula is C21H27FN4. The van der Waals surface area contributed by atoms with E-state index in [1.54, 1.807) is 12.1 Å². The van der Waals surface area contributed by atoms with Gasteiger partial charge in [-0.25, -0.2) is 14.4 Å². The van der Waals surface area contributed by atoms with E-state index >= 15 is 0 Å². The molecule has 0 N–H and O–H groups in total. The molecule has 0 radical (unpaired) electrons. The van der Waals surface area contributed by atoms with Crippen LogP contribution in [0.1, 0.15) is 50.3 Å². The van der Waals surface area contributed by atoms with Gasteiger partial charge in [-0.15, -0.1) is 0 Å². The van der Waals surface area contributed by atoms with Gasteiger partial charge < -0.3 is 4.90 Å². The molecule has 1 atom stereocenters. The number of anilines is 1. The summed E-state index contributed by atoms with van der Waals surface area (Å²) in [6.07, 6.45) is 9.43. The first-order chi connectivity index (χ1) is 12.6. The molecule has 1 aromatic carbocycles. The van der Waals surface area contributed by atoms with Gasteiger partial charge in [0.1, 0.15) is 5.82 Å². The van der Waals surface area contributed by atoms with Crippen molar-refractivity contribution in [1.29, 1.82) is 0 Å². The summed E-state index contributed by atoms with van der Waals surface area (Å²) >= 11 is 0. The molecule has 4 nitrogen and oxygen atoms in total. The number of aromatic nitrogens is 2. The second-order valence-corrected chi connectivity index (χ2v) is 7.71. The Morgan fingerprint density at radius 3 is 2.65 bits per heavy atom. The Bertz CT molecular complexity index is 770.